The van der Waals surface area contributed by atoms with Crippen LogP contribution in [0, 0.1) is 5.82 Å². The first-order valence-electron chi connectivity index (χ1n) is 7.42. The molecule has 0 aliphatic carbocycles. The average Bonchev–Trinajstić information content (AvgIpc) is 2.47. The highest BCUT2D eigenvalue weighted by molar-refractivity contribution is 5.09. The Morgan fingerprint density at radius 1 is 1.45 bits per heavy atom. The molecular formula is C15H24FN3O. The van der Waals surface area contributed by atoms with Crippen molar-refractivity contribution < 1.29 is 9.50 Å². The minimum absolute atomic E-state index is 0.160. The van der Waals surface area contributed by atoms with Gasteiger partial charge in [0.1, 0.15) is 5.82 Å². The molecule has 2 rings (SSSR count). The Morgan fingerprint density at radius 3 is 3.00 bits per heavy atom. The van der Waals surface area contributed by atoms with Crippen LogP contribution >= 0.6 is 0 Å². The van der Waals surface area contributed by atoms with E-state index in [2.05, 4.69) is 9.88 Å². The summed E-state index contributed by atoms with van der Waals surface area (Å²) in [4.78, 5) is 6.46. The Bertz CT molecular complexity index is 397. The van der Waals surface area contributed by atoms with Crippen molar-refractivity contribution in [2.24, 2.45) is 5.73 Å². The van der Waals surface area contributed by atoms with Crippen LogP contribution in [0.5, 0.6) is 0 Å². The number of piperidine rings is 1. The molecule has 112 valence electrons. The predicted molar refractivity (Wildman–Crippen MR) is 76.7 cm³/mol. The molecule has 3 N–H and O–H groups in total. The second-order valence-corrected chi connectivity index (χ2v) is 5.49. The summed E-state index contributed by atoms with van der Waals surface area (Å²) in [5.41, 5.74) is 6.86. The summed E-state index contributed by atoms with van der Waals surface area (Å²) >= 11 is 0. The maximum absolute atomic E-state index is 12.8. The van der Waals surface area contributed by atoms with Crippen molar-refractivity contribution in [1.82, 2.24) is 9.88 Å². The maximum Gasteiger partial charge on any atom is 0.141 e. The fraction of sp³-hybridized carbons (Fsp3) is 0.667. The summed E-state index contributed by atoms with van der Waals surface area (Å²) in [6.45, 7) is 2.23. The van der Waals surface area contributed by atoms with Crippen LogP contribution in [0.3, 0.4) is 0 Å². The molecule has 0 bridgehead atoms. The number of nitrogens with zero attached hydrogens (tertiary/aromatic N) is 2. The van der Waals surface area contributed by atoms with Gasteiger partial charge in [-0.25, -0.2) is 4.39 Å². The number of aliphatic hydroxyl groups is 1. The van der Waals surface area contributed by atoms with Crippen LogP contribution in [-0.2, 0) is 0 Å². The molecule has 0 amide bonds. The van der Waals surface area contributed by atoms with E-state index in [-0.39, 0.29) is 18.5 Å². The smallest absolute Gasteiger partial charge is 0.141 e. The van der Waals surface area contributed by atoms with Crippen LogP contribution in [-0.4, -0.2) is 40.7 Å². The van der Waals surface area contributed by atoms with Gasteiger partial charge < -0.3 is 15.7 Å². The van der Waals surface area contributed by atoms with E-state index < -0.39 is 0 Å². The maximum atomic E-state index is 12.8. The van der Waals surface area contributed by atoms with E-state index in [4.69, 9.17) is 10.8 Å². The van der Waals surface area contributed by atoms with Gasteiger partial charge in [-0.1, -0.05) is 6.42 Å². The molecule has 0 radical (unpaired) electrons. The first kappa shape index (κ1) is 15.4. The van der Waals surface area contributed by atoms with Crippen molar-refractivity contribution in [2.45, 2.75) is 44.2 Å². The van der Waals surface area contributed by atoms with Crippen molar-refractivity contribution in [3.63, 3.8) is 0 Å². The number of rotatable bonds is 6. The van der Waals surface area contributed by atoms with Gasteiger partial charge >= 0.3 is 0 Å². The first-order valence-corrected chi connectivity index (χ1v) is 7.42. The van der Waals surface area contributed by atoms with Crippen molar-refractivity contribution in [3.05, 3.63) is 29.8 Å². The zero-order chi connectivity index (χ0) is 14.4. The topological polar surface area (TPSA) is 62.4 Å². The molecule has 20 heavy (non-hydrogen) atoms. The van der Waals surface area contributed by atoms with E-state index in [1.54, 1.807) is 6.07 Å². The van der Waals surface area contributed by atoms with E-state index in [9.17, 15) is 4.39 Å². The number of nitrogens with two attached hydrogens (primary N) is 1. The average molecular weight is 281 g/mol. The van der Waals surface area contributed by atoms with Gasteiger partial charge in [-0.15, -0.1) is 0 Å². The van der Waals surface area contributed by atoms with E-state index in [0.717, 1.165) is 38.0 Å². The number of hydrogen-bond acceptors (Lipinski definition) is 4. The standard InChI is InChI=1S/C15H24FN3O/c16-12-4-5-15(18-11-12)14(17)6-9-19-8-2-1-3-13(19)7-10-20/h4-5,11,13-14,20H,1-3,6-10,17H2. The van der Waals surface area contributed by atoms with Gasteiger partial charge in [-0.3, -0.25) is 4.98 Å². The molecule has 1 aliphatic rings. The SMILES string of the molecule is NC(CCN1CCCCC1CCO)c1ccc(F)cn1. The summed E-state index contributed by atoms with van der Waals surface area (Å²) in [5.74, 6) is -0.333. The number of hydrogen-bond donors (Lipinski definition) is 2. The predicted octanol–water partition coefficient (Wildman–Crippen LogP) is 1.85. The van der Waals surface area contributed by atoms with Crippen molar-refractivity contribution in [2.75, 3.05) is 19.7 Å². The molecule has 4 nitrogen and oxygen atoms in total. The van der Waals surface area contributed by atoms with Gasteiger partial charge in [0.25, 0.3) is 0 Å². The third kappa shape index (κ3) is 4.23. The molecule has 1 saturated heterocycles. The zero-order valence-electron chi connectivity index (χ0n) is 11.8. The molecule has 1 aliphatic heterocycles. The molecule has 2 heterocycles. The van der Waals surface area contributed by atoms with E-state index in [1.165, 1.54) is 25.1 Å². The first-order chi connectivity index (χ1) is 9.70. The van der Waals surface area contributed by atoms with Gasteiger partial charge in [-0.2, -0.15) is 0 Å². The van der Waals surface area contributed by atoms with Gasteiger partial charge in [0.2, 0.25) is 0 Å². The second kappa shape index (κ2) is 7.67. The lowest BCUT2D eigenvalue weighted by Gasteiger charge is -2.36. The number of aliphatic hydroxyl groups excluding tert-OH is 1. The molecule has 0 saturated carbocycles. The third-order valence-electron chi connectivity index (χ3n) is 4.07. The fourth-order valence-electron chi connectivity index (χ4n) is 2.89. The summed E-state index contributed by atoms with van der Waals surface area (Å²) in [7, 11) is 0. The van der Waals surface area contributed by atoms with Crippen molar-refractivity contribution >= 4 is 0 Å². The Morgan fingerprint density at radius 2 is 2.30 bits per heavy atom. The van der Waals surface area contributed by atoms with Crippen molar-refractivity contribution in [3.8, 4) is 0 Å². The Kier molecular flexibility index (Phi) is 5.88. The van der Waals surface area contributed by atoms with Crippen LogP contribution in [0.4, 0.5) is 4.39 Å². The summed E-state index contributed by atoms with van der Waals surface area (Å²) in [6, 6.07) is 3.37. The van der Waals surface area contributed by atoms with Gasteiger partial charge in [0.15, 0.2) is 0 Å². The van der Waals surface area contributed by atoms with Gasteiger partial charge in [0, 0.05) is 25.2 Å². The monoisotopic (exact) mass is 281 g/mol. The summed E-state index contributed by atoms with van der Waals surface area (Å²) in [5, 5.41) is 9.12. The van der Waals surface area contributed by atoms with Crippen molar-refractivity contribution in [1.29, 1.82) is 0 Å². The lowest BCUT2D eigenvalue weighted by Crippen LogP contribution is -2.41. The van der Waals surface area contributed by atoms with Crippen LogP contribution in [0.15, 0.2) is 18.3 Å². The van der Waals surface area contributed by atoms with Crippen LogP contribution in [0.1, 0.15) is 43.8 Å². The van der Waals surface area contributed by atoms with E-state index in [1.807, 2.05) is 0 Å². The highest BCUT2D eigenvalue weighted by Gasteiger charge is 2.22. The molecule has 1 aromatic heterocycles. The second-order valence-electron chi connectivity index (χ2n) is 5.49. The number of aromatic nitrogens is 1. The zero-order valence-corrected chi connectivity index (χ0v) is 11.8. The van der Waals surface area contributed by atoms with Gasteiger partial charge in [0.05, 0.1) is 11.9 Å². The third-order valence-corrected chi connectivity index (χ3v) is 4.07. The molecule has 2 unspecified atom stereocenters. The lowest BCUT2D eigenvalue weighted by atomic mass is 9.98. The Balaban J connectivity index is 1.85. The molecule has 0 spiro atoms. The Labute approximate surface area is 119 Å². The van der Waals surface area contributed by atoms with Gasteiger partial charge in [-0.05, 0) is 44.4 Å². The number of likely N-dealkylation sites (tertiary alicyclic amines) is 1. The minimum atomic E-state index is -0.333. The van der Waals surface area contributed by atoms with Crippen LogP contribution in [0.25, 0.3) is 0 Å². The highest BCUT2D eigenvalue weighted by atomic mass is 19.1. The summed E-state index contributed by atoms with van der Waals surface area (Å²) < 4.78 is 12.8. The van der Waals surface area contributed by atoms with Crippen LogP contribution < -0.4 is 5.73 Å². The van der Waals surface area contributed by atoms with E-state index >= 15 is 0 Å². The molecule has 5 heteroatoms. The molecular weight excluding hydrogens is 257 g/mol. The Hall–Kier alpha value is -1.04. The summed E-state index contributed by atoms with van der Waals surface area (Å²) in [6.07, 6.45) is 6.47. The molecule has 1 aromatic rings. The molecule has 2 atom stereocenters. The number of pyridine rings is 1. The normalized spacial score (nSPS) is 21.9. The van der Waals surface area contributed by atoms with Crippen LogP contribution in [0.2, 0.25) is 0 Å². The quantitative estimate of drug-likeness (QED) is 0.835. The minimum Gasteiger partial charge on any atom is -0.396 e. The largest absolute Gasteiger partial charge is 0.396 e. The lowest BCUT2D eigenvalue weighted by molar-refractivity contribution is 0.116. The van der Waals surface area contributed by atoms with E-state index in [0.29, 0.717) is 6.04 Å². The highest BCUT2D eigenvalue weighted by Crippen LogP contribution is 2.21. The molecule has 0 aromatic carbocycles. The fourth-order valence-corrected chi connectivity index (χ4v) is 2.89. The molecule has 1 fully saturated rings. The number of halogens is 1.